The number of amides is 2. The van der Waals surface area contributed by atoms with Crippen LogP contribution in [0.3, 0.4) is 0 Å². The largest absolute Gasteiger partial charge is 0.369 e. The van der Waals surface area contributed by atoms with Crippen LogP contribution in [0.1, 0.15) is 35.2 Å². The molecule has 6 nitrogen and oxygen atoms in total. The van der Waals surface area contributed by atoms with Crippen LogP contribution in [0.25, 0.3) is 6.08 Å². The van der Waals surface area contributed by atoms with Crippen molar-refractivity contribution in [1.82, 2.24) is 10.4 Å². The number of likely N-dealkylation sites (tertiary alicyclic amines) is 1. The topological polar surface area (TPSA) is 72.9 Å². The summed E-state index contributed by atoms with van der Waals surface area (Å²) in [5, 5.41) is 8.71. The molecule has 2 saturated heterocycles. The van der Waals surface area contributed by atoms with Gasteiger partial charge in [0.05, 0.1) is 5.54 Å². The van der Waals surface area contributed by atoms with Crippen LogP contribution in [0.2, 0.25) is 0 Å². The van der Waals surface area contributed by atoms with Gasteiger partial charge in [0, 0.05) is 37.0 Å². The maximum atomic E-state index is 13.2. The zero-order valence-electron chi connectivity index (χ0n) is 16.3. The Hall–Kier alpha value is -3.12. The Balaban J connectivity index is 1.57. The number of para-hydroxylation sites is 1. The quantitative estimate of drug-likeness (QED) is 0.477. The van der Waals surface area contributed by atoms with Gasteiger partial charge in [-0.2, -0.15) is 0 Å². The van der Waals surface area contributed by atoms with E-state index in [1.807, 2.05) is 54.6 Å². The van der Waals surface area contributed by atoms with Gasteiger partial charge >= 0.3 is 0 Å². The molecule has 0 aromatic heterocycles. The van der Waals surface area contributed by atoms with Gasteiger partial charge in [0.15, 0.2) is 0 Å². The number of nitrogens with one attached hydrogen (secondary N) is 1. The van der Waals surface area contributed by atoms with E-state index in [4.69, 9.17) is 5.21 Å². The van der Waals surface area contributed by atoms with E-state index >= 15 is 0 Å². The smallest absolute Gasteiger partial charge is 0.267 e. The van der Waals surface area contributed by atoms with Gasteiger partial charge in [-0.15, -0.1) is 0 Å². The zero-order chi connectivity index (χ0) is 20.3. The Morgan fingerprint density at radius 2 is 1.76 bits per heavy atom. The maximum Gasteiger partial charge on any atom is 0.267 e. The number of hydrogen-bond donors (Lipinski definition) is 2. The summed E-state index contributed by atoms with van der Waals surface area (Å²) >= 11 is 0. The van der Waals surface area contributed by atoms with Gasteiger partial charge in [0.2, 0.25) is 0 Å². The molecule has 2 N–H and O–H groups in total. The van der Waals surface area contributed by atoms with E-state index in [1.165, 1.54) is 6.08 Å². The molecule has 2 aliphatic rings. The average Bonchev–Trinajstić information content (AvgIpc) is 3.39. The number of carbonyl (C=O) groups excluding carboxylic acids is 2. The van der Waals surface area contributed by atoms with Crippen molar-refractivity contribution in [2.75, 3.05) is 24.5 Å². The Bertz CT molecular complexity index is 928. The molecule has 0 aliphatic carbocycles. The first-order valence-electron chi connectivity index (χ1n) is 9.96. The molecule has 1 unspecified atom stereocenters. The average molecular weight is 391 g/mol. The highest BCUT2D eigenvalue weighted by molar-refractivity contribution is 5.95. The molecule has 2 fully saturated rings. The lowest BCUT2D eigenvalue weighted by Gasteiger charge is -2.35. The van der Waals surface area contributed by atoms with E-state index < -0.39 is 5.91 Å². The minimum Gasteiger partial charge on any atom is -0.369 e. The van der Waals surface area contributed by atoms with Crippen molar-refractivity contribution >= 4 is 23.6 Å². The molecule has 0 radical (unpaired) electrons. The number of hydrogen-bond acceptors (Lipinski definition) is 4. The summed E-state index contributed by atoms with van der Waals surface area (Å²) in [5.74, 6) is -0.453. The van der Waals surface area contributed by atoms with E-state index in [-0.39, 0.29) is 11.4 Å². The summed E-state index contributed by atoms with van der Waals surface area (Å²) in [6.07, 6.45) is 5.97. The molecule has 4 rings (SSSR count). The zero-order valence-corrected chi connectivity index (χ0v) is 16.3. The fraction of sp³-hybridized carbons (Fsp3) is 0.304. The van der Waals surface area contributed by atoms with Gasteiger partial charge in [-0.25, -0.2) is 5.48 Å². The monoisotopic (exact) mass is 391 g/mol. The summed E-state index contributed by atoms with van der Waals surface area (Å²) < 4.78 is 0. The molecule has 0 saturated carbocycles. The minimum atomic E-state index is -0.562. The van der Waals surface area contributed by atoms with E-state index in [9.17, 15) is 9.59 Å². The van der Waals surface area contributed by atoms with Gasteiger partial charge in [-0.3, -0.25) is 14.8 Å². The molecule has 29 heavy (non-hydrogen) atoms. The second-order valence-electron chi connectivity index (χ2n) is 7.69. The summed E-state index contributed by atoms with van der Waals surface area (Å²) in [4.78, 5) is 28.9. The van der Waals surface area contributed by atoms with E-state index in [2.05, 4.69) is 9.80 Å². The highest BCUT2D eigenvalue weighted by Gasteiger charge is 2.48. The lowest BCUT2D eigenvalue weighted by atomic mass is 9.94. The Morgan fingerprint density at radius 1 is 1.00 bits per heavy atom. The molecule has 6 heteroatoms. The van der Waals surface area contributed by atoms with Gasteiger partial charge in [0.25, 0.3) is 11.8 Å². The standard InChI is InChI=1S/C23H25N3O3/c27-21(24-29)12-11-18-7-4-5-10-20(18)25-16-14-23(17-25)13-6-15-26(23)22(28)19-8-2-1-3-9-19/h1-5,7-12,29H,6,13-17H2,(H,24,27). The molecule has 150 valence electrons. The summed E-state index contributed by atoms with van der Waals surface area (Å²) in [7, 11) is 0. The van der Waals surface area contributed by atoms with Crippen LogP contribution in [-0.2, 0) is 4.79 Å². The third kappa shape index (κ3) is 3.76. The molecule has 2 aromatic carbocycles. The van der Waals surface area contributed by atoms with Crippen LogP contribution in [0.4, 0.5) is 5.69 Å². The highest BCUT2D eigenvalue weighted by atomic mass is 16.5. The van der Waals surface area contributed by atoms with E-state index in [1.54, 1.807) is 11.6 Å². The Morgan fingerprint density at radius 3 is 2.55 bits per heavy atom. The third-order valence-electron chi connectivity index (χ3n) is 6.00. The predicted molar refractivity (Wildman–Crippen MR) is 112 cm³/mol. The molecule has 1 spiro atoms. The number of benzene rings is 2. The molecular formula is C23H25N3O3. The van der Waals surface area contributed by atoms with Gasteiger partial charge in [-0.05, 0) is 49.1 Å². The molecule has 0 bridgehead atoms. The van der Waals surface area contributed by atoms with E-state index in [0.717, 1.165) is 55.7 Å². The van der Waals surface area contributed by atoms with Crippen LogP contribution >= 0.6 is 0 Å². The third-order valence-corrected chi connectivity index (χ3v) is 6.00. The van der Waals surface area contributed by atoms with Gasteiger partial charge < -0.3 is 9.80 Å². The van der Waals surface area contributed by atoms with Crippen LogP contribution in [0.15, 0.2) is 60.7 Å². The Kier molecular flexibility index (Phi) is 5.36. The normalized spacial score (nSPS) is 21.3. The van der Waals surface area contributed by atoms with E-state index in [0.29, 0.717) is 0 Å². The number of anilines is 1. The Labute approximate surface area is 170 Å². The number of rotatable bonds is 4. The van der Waals surface area contributed by atoms with Crippen molar-refractivity contribution in [2.24, 2.45) is 0 Å². The predicted octanol–water partition coefficient (Wildman–Crippen LogP) is 3.09. The second kappa shape index (κ2) is 8.09. The fourth-order valence-corrected chi connectivity index (χ4v) is 4.60. The lowest BCUT2D eigenvalue weighted by Crippen LogP contribution is -2.49. The van der Waals surface area contributed by atoms with Gasteiger partial charge in [0.1, 0.15) is 0 Å². The van der Waals surface area contributed by atoms with Crippen LogP contribution in [0, 0.1) is 0 Å². The highest BCUT2D eigenvalue weighted by Crippen LogP contribution is 2.41. The van der Waals surface area contributed by atoms with Crippen molar-refractivity contribution in [3.8, 4) is 0 Å². The molecule has 2 aliphatic heterocycles. The molecule has 2 amide bonds. The first-order chi connectivity index (χ1) is 14.1. The summed E-state index contributed by atoms with van der Waals surface area (Å²) in [6.45, 7) is 2.43. The van der Waals surface area contributed by atoms with Crippen LogP contribution in [-0.4, -0.2) is 47.1 Å². The number of carbonyl (C=O) groups is 2. The van der Waals surface area contributed by atoms with Crippen molar-refractivity contribution in [2.45, 2.75) is 24.8 Å². The molecular weight excluding hydrogens is 366 g/mol. The van der Waals surface area contributed by atoms with Crippen molar-refractivity contribution in [3.63, 3.8) is 0 Å². The maximum absolute atomic E-state index is 13.2. The SMILES string of the molecule is O=C(C=Cc1ccccc1N1CCC2(CCCN2C(=O)c2ccccc2)C1)NO. The fourth-order valence-electron chi connectivity index (χ4n) is 4.60. The minimum absolute atomic E-state index is 0.109. The molecule has 1 atom stereocenters. The van der Waals surface area contributed by atoms with Crippen molar-refractivity contribution < 1.29 is 14.8 Å². The molecule has 2 aromatic rings. The van der Waals surface area contributed by atoms with Crippen molar-refractivity contribution in [1.29, 1.82) is 0 Å². The number of nitrogens with zero attached hydrogens (tertiary/aromatic N) is 2. The first kappa shape index (κ1) is 19.2. The second-order valence-corrected chi connectivity index (χ2v) is 7.69. The first-order valence-corrected chi connectivity index (χ1v) is 9.96. The van der Waals surface area contributed by atoms with Crippen LogP contribution < -0.4 is 10.4 Å². The van der Waals surface area contributed by atoms with Crippen LogP contribution in [0.5, 0.6) is 0 Å². The summed E-state index contributed by atoms with van der Waals surface area (Å²) in [6, 6.07) is 17.4. The van der Waals surface area contributed by atoms with Gasteiger partial charge in [-0.1, -0.05) is 36.4 Å². The van der Waals surface area contributed by atoms with Crippen molar-refractivity contribution in [3.05, 3.63) is 71.8 Å². The molecule has 2 heterocycles. The summed E-state index contributed by atoms with van der Waals surface area (Å²) in [5.41, 5.74) is 4.15. The lowest BCUT2D eigenvalue weighted by molar-refractivity contribution is -0.124. The number of hydroxylamine groups is 1.